The van der Waals surface area contributed by atoms with Crippen LogP contribution in [-0.2, 0) is 18.6 Å². The molecule has 7 heteroatoms. The van der Waals surface area contributed by atoms with E-state index >= 15 is 0 Å². The third-order valence-electron chi connectivity index (χ3n) is 6.54. The molecule has 0 bridgehead atoms. The standard InChI is InChI=1S/C28H60O5P2/c1-3-5-7-9-11-15-21-32-23-19-26-34(29)25-17-13-14-18-27-35(30,31)28-20-24-33-22-16-12-10-8-6-4-2/h34H,3-28H2,1-2H3,(H,30,31). The van der Waals surface area contributed by atoms with Crippen LogP contribution in [0.3, 0.4) is 0 Å². The molecule has 0 fully saturated rings. The summed E-state index contributed by atoms with van der Waals surface area (Å²) in [4.78, 5) is 10.1. The molecular weight excluding hydrogens is 478 g/mol. The summed E-state index contributed by atoms with van der Waals surface area (Å²) in [6.07, 6.45) is 22.9. The molecule has 0 aliphatic carbocycles. The topological polar surface area (TPSA) is 72.8 Å². The van der Waals surface area contributed by atoms with Crippen LogP contribution in [0.5, 0.6) is 0 Å². The van der Waals surface area contributed by atoms with Gasteiger partial charge in [0.1, 0.15) is 0 Å². The molecule has 0 saturated carbocycles. The fraction of sp³-hybridized carbons (Fsp3) is 1.00. The SMILES string of the molecule is CCCCCCCCOCCC[PH](=O)CCCCCCP(=O)(O)CCCOCCCCCCCC. The summed E-state index contributed by atoms with van der Waals surface area (Å²) in [5.41, 5.74) is 0. The van der Waals surface area contributed by atoms with Crippen molar-refractivity contribution in [1.29, 1.82) is 0 Å². The van der Waals surface area contributed by atoms with Crippen LogP contribution in [0.25, 0.3) is 0 Å². The van der Waals surface area contributed by atoms with E-state index in [9.17, 15) is 14.0 Å². The molecule has 5 nitrogen and oxygen atoms in total. The number of ether oxygens (including phenoxy) is 2. The summed E-state index contributed by atoms with van der Waals surface area (Å²) in [5.74, 6) is 0. The average Bonchev–Trinajstić information content (AvgIpc) is 2.83. The predicted octanol–water partition coefficient (Wildman–Crippen LogP) is 8.91. The van der Waals surface area contributed by atoms with Crippen molar-refractivity contribution < 1.29 is 23.5 Å². The molecule has 0 aromatic heterocycles. The quantitative estimate of drug-likeness (QED) is 0.0760. The van der Waals surface area contributed by atoms with Gasteiger partial charge in [0.2, 0.25) is 7.37 Å². The van der Waals surface area contributed by atoms with E-state index in [2.05, 4.69) is 13.8 Å². The van der Waals surface area contributed by atoms with Crippen molar-refractivity contribution in [1.82, 2.24) is 0 Å². The molecule has 2 unspecified atom stereocenters. The lowest BCUT2D eigenvalue weighted by molar-refractivity contribution is 0.130. The summed E-state index contributed by atoms with van der Waals surface area (Å²) in [5, 5.41) is 0. The molecule has 2 atom stereocenters. The van der Waals surface area contributed by atoms with Crippen LogP contribution < -0.4 is 0 Å². The van der Waals surface area contributed by atoms with Crippen LogP contribution >= 0.6 is 15.2 Å². The minimum atomic E-state index is -3.02. The van der Waals surface area contributed by atoms with Gasteiger partial charge in [-0.1, -0.05) is 90.9 Å². The Morgan fingerprint density at radius 1 is 0.543 bits per heavy atom. The molecule has 0 amide bonds. The molecule has 0 rings (SSSR count). The maximum atomic E-state index is 12.3. The van der Waals surface area contributed by atoms with E-state index in [0.717, 1.165) is 77.1 Å². The van der Waals surface area contributed by atoms with Crippen molar-refractivity contribution in [2.24, 2.45) is 0 Å². The van der Waals surface area contributed by atoms with E-state index in [1.807, 2.05) is 0 Å². The number of hydrogen-bond donors (Lipinski definition) is 1. The molecule has 0 aromatic rings. The number of rotatable bonds is 29. The van der Waals surface area contributed by atoms with Crippen LogP contribution in [0.4, 0.5) is 0 Å². The van der Waals surface area contributed by atoms with Crippen molar-refractivity contribution >= 4 is 15.2 Å². The second-order valence-corrected chi connectivity index (χ2v) is 14.9. The first-order valence-electron chi connectivity index (χ1n) is 15.0. The first-order valence-corrected chi connectivity index (χ1v) is 18.8. The molecule has 0 aromatic carbocycles. The average molecular weight is 539 g/mol. The first kappa shape index (κ1) is 35.3. The Kier molecular flexibility index (Phi) is 27.6. The van der Waals surface area contributed by atoms with Crippen LogP contribution in [0.15, 0.2) is 0 Å². The second kappa shape index (κ2) is 27.4. The van der Waals surface area contributed by atoms with Crippen molar-refractivity contribution in [2.45, 2.75) is 129 Å². The maximum Gasteiger partial charge on any atom is 0.200 e. The van der Waals surface area contributed by atoms with E-state index in [0.29, 0.717) is 25.4 Å². The highest BCUT2D eigenvalue weighted by Gasteiger charge is 2.16. The van der Waals surface area contributed by atoms with Crippen LogP contribution in [0, 0.1) is 0 Å². The smallest absolute Gasteiger partial charge is 0.200 e. The number of hydrogen-bond acceptors (Lipinski definition) is 4. The van der Waals surface area contributed by atoms with E-state index < -0.39 is 15.2 Å². The van der Waals surface area contributed by atoms with Gasteiger partial charge in [-0.15, -0.1) is 0 Å². The minimum absolute atomic E-state index is 0.373. The molecule has 212 valence electrons. The van der Waals surface area contributed by atoms with Gasteiger partial charge in [0, 0.05) is 44.9 Å². The Labute approximate surface area is 219 Å². The zero-order valence-corrected chi connectivity index (χ0v) is 25.3. The minimum Gasteiger partial charge on any atom is -0.381 e. The highest BCUT2D eigenvalue weighted by atomic mass is 31.2. The van der Waals surface area contributed by atoms with Crippen molar-refractivity contribution in [3.05, 3.63) is 0 Å². The Hall–Kier alpha value is 0.340. The Morgan fingerprint density at radius 2 is 0.943 bits per heavy atom. The molecule has 1 N–H and O–H groups in total. The van der Waals surface area contributed by atoms with Gasteiger partial charge < -0.3 is 18.9 Å². The molecule has 0 aliphatic heterocycles. The Bertz CT molecular complexity index is 502. The summed E-state index contributed by atoms with van der Waals surface area (Å²) in [6.45, 7) is 7.41. The molecule has 0 aliphatic rings. The largest absolute Gasteiger partial charge is 0.381 e. The van der Waals surface area contributed by atoms with Crippen LogP contribution in [0.1, 0.15) is 129 Å². The normalized spacial score (nSPS) is 14.3. The van der Waals surface area contributed by atoms with E-state index in [1.54, 1.807) is 0 Å². The second-order valence-electron chi connectivity index (χ2n) is 10.2. The zero-order valence-electron chi connectivity index (χ0n) is 23.4. The Balaban J connectivity index is 3.41. The van der Waals surface area contributed by atoms with E-state index in [4.69, 9.17) is 9.47 Å². The molecule has 0 saturated heterocycles. The number of unbranched alkanes of at least 4 members (excludes halogenated alkanes) is 13. The highest BCUT2D eigenvalue weighted by molar-refractivity contribution is 7.57. The van der Waals surface area contributed by atoms with Crippen LogP contribution in [-0.4, -0.2) is 56.0 Å². The van der Waals surface area contributed by atoms with Crippen LogP contribution in [0.2, 0.25) is 0 Å². The van der Waals surface area contributed by atoms with Gasteiger partial charge in [0.15, 0.2) is 0 Å². The summed E-state index contributed by atoms with van der Waals surface area (Å²) in [7, 11) is -4.51. The van der Waals surface area contributed by atoms with Gasteiger partial charge in [-0.25, -0.2) is 0 Å². The van der Waals surface area contributed by atoms with Gasteiger partial charge in [-0.2, -0.15) is 0 Å². The maximum absolute atomic E-state index is 12.3. The van der Waals surface area contributed by atoms with E-state index in [-0.39, 0.29) is 0 Å². The monoisotopic (exact) mass is 538 g/mol. The van der Waals surface area contributed by atoms with Gasteiger partial charge in [-0.05, 0) is 44.7 Å². The lowest BCUT2D eigenvalue weighted by Crippen LogP contribution is -2.02. The third kappa shape index (κ3) is 28.8. The summed E-state index contributed by atoms with van der Waals surface area (Å²) >= 11 is 0. The zero-order chi connectivity index (χ0) is 25.9. The van der Waals surface area contributed by atoms with Gasteiger partial charge in [0.25, 0.3) is 0 Å². The lowest BCUT2D eigenvalue weighted by Gasteiger charge is -2.11. The van der Waals surface area contributed by atoms with Gasteiger partial charge >= 0.3 is 0 Å². The summed E-state index contributed by atoms with van der Waals surface area (Å²) in [6, 6.07) is 0. The molecule has 0 radical (unpaired) electrons. The van der Waals surface area contributed by atoms with E-state index in [1.165, 1.54) is 64.2 Å². The molecule has 0 heterocycles. The highest BCUT2D eigenvalue weighted by Crippen LogP contribution is 2.42. The van der Waals surface area contributed by atoms with Crippen molar-refractivity contribution in [3.63, 3.8) is 0 Å². The van der Waals surface area contributed by atoms with Gasteiger partial charge in [-0.3, -0.25) is 4.57 Å². The van der Waals surface area contributed by atoms with Crippen molar-refractivity contribution in [3.8, 4) is 0 Å². The lowest BCUT2D eigenvalue weighted by atomic mass is 10.1. The predicted molar refractivity (Wildman–Crippen MR) is 154 cm³/mol. The third-order valence-corrected chi connectivity index (χ3v) is 10.4. The van der Waals surface area contributed by atoms with Crippen molar-refractivity contribution in [2.75, 3.05) is 51.1 Å². The molecule has 35 heavy (non-hydrogen) atoms. The first-order chi connectivity index (χ1) is 17.0. The Morgan fingerprint density at radius 3 is 1.54 bits per heavy atom. The molecule has 0 spiro atoms. The molecular formula is C28H60O5P2. The van der Waals surface area contributed by atoms with Gasteiger partial charge in [0.05, 0.1) is 7.80 Å². The fourth-order valence-electron chi connectivity index (χ4n) is 4.23. The summed E-state index contributed by atoms with van der Waals surface area (Å²) < 4.78 is 35.8. The fourth-order valence-corrected chi connectivity index (χ4v) is 7.23.